The van der Waals surface area contributed by atoms with Crippen molar-refractivity contribution >= 4 is 50.3 Å². The van der Waals surface area contributed by atoms with E-state index < -0.39 is 15.8 Å². The van der Waals surface area contributed by atoms with Crippen molar-refractivity contribution in [2.45, 2.75) is 18.9 Å². The molecular formula is C20H21N3O5S2. The van der Waals surface area contributed by atoms with Gasteiger partial charge in [0, 0.05) is 30.4 Å². The molecule has 30 heavy (non-hydrogen) atoms. The highest BCUT2D eigenvalue weighted by Gasteiger charge is 2.41. The van der Waals surface area contributed by atoms with Crippen LogP contribution in [0.1, 0.15) is 22.5 Å². The minimum atomic E-state index is -3.10. The van der Waals surface area contributed by atoms with Gasteiger partial charge in [0.25, 0.3) is 5.91 Å². The molecule has 2 unspecified atom stereocenters. The zero-order valence-corrected chi connectivity index (χ0v) is 17.7. The number of hydrogen-bond acceptors (Lipinski definition) is 6. The van der Waals surface area contributed by atoms with E-state index in [0.717, 1.165) is 0 Å². The van der Waals surface area contributed by atoms with Gasteiger partial charge >= 0.3 is 0 Å². The molecule has 0 spiro atoms. The van der Waals surface area contributed by atoms with E-state index >= 15 is 0 Å². The van der Waals surface area contributed by atoms with Crippen LogP contribution in [-0.2, 0) is 19.4 Å². The van der Waals surface area contributed by atoms with E-state index in [1.54, 1.807) is 36.4 Å². The Morgan fingerprint density at radius 3 is 2.53 bits per heavy atom. The van der Waals surface area contributed by atoms with E-state index in [1.165, 1.54) is 16.2 Å². The smallest absolute Gasteiger partial charge is 0.265 e. The highest BCUT2D eigenvalue weighted by Crippen LogP contribution is 2.27. The fraction of sp³-hybridized carbons (Fsp3) is 0.350. The van der Waals surface area contributed by atoms with E-state index in [4.69, 9.17) is 0 Å². The van der Waals surface area contributed by atoms with Crippen molar-refractivity contribution < 1.29 is 22.8 Å². The molecule has 3 amide bonds. The Morgan fingerprint density at radius 2 is 1.87 bits per heavy atom. The van der Waals surface area contributed by atoms with Crippen LogP contribution in [0.15, 0.2) is 41.8 Å². The van der Waals surface area contributed by atoms with Crippen LogP contribution in [0, 0.1) is 5.92 Å². The number of nitrogens with zero attached hydrogens (tertiary/aromatic N) is 1. The maximum absolute atomic E-state index is 12.7. The second kappa shape index (κ2) is 8.19. The molecule has 2 atom stereocenters. The summed E-state index contributed by atoms with van der Waals surface area (Å²) in [7, 11) is -3.10. The summed E-state index contributed by atoms with van der Waals surface area (Å²) >= 11 is 1.34. The third-order valence-corrected chi connectivity index (χ3v) is 7.93. The summed E-state index contributed by atoms with van der Waals surface area (Å²) in [5, 5.41) is 7.40. The van der Waals surface area contributed by atoms with Gasteiger partial charge in [0.1, 0.15) is 0 Å². The topological polar surface area (TPSA) is 113 Å². The highest BCUT2D eigenvalue weighted by atomic mass is 32.2. The predicted molar refractivity (Wildman–Crippen MR) is 114 cm³/mol. The lowest BCUT2D eigenvalue weighted by Crippen LogP contribution is -2.38. The second-order valence-electron chi connectivity index (χ2n) is 7.51. The zero-order chi connectivity index (χ0) is 21.3. The van der Waals surface area contributed by atoms with E-state index in [9.17, 15) is 22.8 Å². The maximum atomic E-state index is 12.7. The summed E-state index contributed by atoms with van der Waals surface area (Å²) in [4.78, 5) is 39.3. The third kappa shape index (κ3) is 4.54. The molecule has 2 aromatic rings. The van der Waals surface area contributed by atoms with Crippen molar-refractivity contribution in [3.8, 4) is 0 Å². The molecule has 0 saturated carbocycles. The van der Waals surface area contributed by atoms with Gasteiger partial charge in [0.2, 0.25) is 11.8 Å². The standard InChI is InChI=1S/C20H21N3O5S2/c24-18-9-13(11-23(18)16-6-8-30(27,28)12-16)19(25)21-14-3-1-4-15(10-14)22-20(26)17-5-2-7-29-17/h1-5,7,10,13,16H,6,8-9,11-12H2,(H,21,25)(H,22,26). The van der Waals surface area contributed by atoms with Gasteiger partial charge in [0.15, 0.2) is 9.84 Å². The number of rotatable bonds is 5. The molecule has 2 aliphatic heterocycles. The number of amides is 3. The number of carbonyl (C=O) groups is 3. The van der Waals surface area contributed by atoms with Gasteiger partial charge in [-0.3, -0.25) is 14.4 Å². The quantitative estimate of drug-likeness (QED) is 0.728. The van der Waals surface area contributed by atoms with E-state index in [0.29, 0.717) is 22.7 Å². The number of likely N-dealkylation sites (tertiary alicyclic amines) is 1. The monoisotopic (exact) mass is 447 g/mol. The van der Waals surface area contributed by atoms with Gasteiger partial charge in [0.05, 0.1) is 22.3 Å². The summed E-state index contributed by atoms with van der Waals surface area (Å²) < 4.78 is 23.4. The molecule has 4 rings (SSSR count). The van der Waals surface area contributed by atoms with Crippen molar-refractivity contribution in [3.63, 3.8) is 0 Å². The molecule has 8 nitrogen and oxygen atoms in total. The highest BCUT2D eigenvalue weighted by molar-refractivity contribution is 7.91. The normalized spacial score (nSPS) is 22.8. The Labute approximate surface area is 178 Å². The van der Waals surface area contributed by atoms with Gasteiger partial charge < -0.3 is 15.5 Å². The van der Waals surface area contributed by atoms with E-state index in [1.807, 2.05) is 5.38 Å². The summed E-state index contributed by atoms with van der Waals surface area (Å²) in [6.45, 7) is 0.222. The van der Waals surface area contributed by atoms with E-state index in [-0.39, 0.29) is 48.2 Å². The van der Waals surface area contributed by atoms with Gasteiger partial charge in [-0.2, -0.15) is 0 Å². The first-order valence-corrected chi connectivity index (χ1v) is 12.3. The van der Waals surface area contributed by atoms with Crippen molar-refractivity contribution in [2.75, 3.05) is 28.7 Å². The summed E-state index contributed by atoms with van der Waals surface area (Å²) in [6.07, 6.45) is 0.492. The summed E-state index contributed by atoms with van der Waals surface area (Å²) in [5.41, 5.74) is 1.06. The minimum Gasteiger partial charge on any atom is -0.338 e. The number of benzene rings is 1. The van der Waals surface area contributed by atoms with Gasteiger partial charge in [-0.15, -0.1) is 11.3 Å². The number of anilines is 2. The Balaban J connectivity index is 1.37. The lowest BCUT2D eigenvalue weighted by Gasteiger charge is -2.23. The molecule has 2 N–H and O–H groups in total. The molecule has 1 aromatic heterocycles. The van der Waals surface area contributed by atoms with Crippen LogP contribution in [0.2, 0.25) is 0 Å². The molecule has 2 saturated heterocycles. The summed E-state index contributed by atoms with van der Waals surface area (Å²) in [6, 6.07) is 9.99. The van der Waals surface area contributed by atoms with Crippen molar-refractivity contribution in [1.82, 2.24) is 4.90 Å². The average Bonchev–Trinajstić information content (AvgIpc) is 3.42. The number of nitrogens with one attached hydrogen (secondary N) is 2. The van der Waals surface area contributed by atoms with Gasteiger partial charge in [-0.1, -0.05) is 12.1 Å². The molecule has 0 aliphatic carbocycles. The van der Waals surface area contributed by atoms with Crippen LogP contribution in [0.25, 0.3) is 0 Å². The first kappa shape index (κ1) is 20.5. The molecule has 0 radical (unpaired) electrons. The third-order valence-electron chi connectivity index (χ3n) is 5.31. The first-order chi connectivity index (χ1) is 14.3. The molecule has 2 aliphatic rings. The minimum absolute atomic E-state index is 0.0287. The van der Waals surface area contributed by atoms with Crippen molar-refractivity contribution in [2.24, 2.45) is 5.92 Å². The first-order valence-electron chi connectivity index (χ1n) is 9.56. The second-order valence-corrected chi connectivity index (χ2v) is 10.7. The molecular weight excluding hydrogens is 426 g/mol. The van der Waals surface area contributed by atoms with Gasteiger partial charge in [-0.25, -0.2) is 8.42 Å². The zero-order valence-electron chi connectivity index (χ0n) is 16.0. The van der Waals surface area contributed by atoms with E-state index in [2.05, 4.69) is 10.6 Å². The molecule has 1 aromatic carbocycles. The predicted octanol–water partition coefficient (Wildman–Crippen LogP) is 1.97. The molecule has 158 valence electrons. The van der Waals surface area contributed by atoms with Crippen LogP contribution in [-0.4, -0.2) is 55.1 Å². The lowest BCUT2D eigenvalue weighted by atomic mass is 10.1. The largest absolute Gasteiger partial charge is 0.338 e. The summed E-state index contributed by atoms with van der Waals surface area (Å²) in [5.74, 6) is -1.19. The van der Waals surface area contributed by atoms with Crippen LogP contribution in [0.5, 0.6) is 0 Å². The van der Waals surface area contributed by atoms with Crippen LogP contribution in [0.3, 0.4) is 0 Å². The Hall–Kier alpha value is -2.72. The Morgan fingerprint density at radius 1 is 1.10 bits per heavy atom. The average molecular weight is 448 g/mol. The fourth-order valence-corrected chi connectivity index (χ4v) is 6.15. The fourth-order valence-electron chi connectivity index (χ4n) is 3.80. The van der Waals surface area contributed by atoms with Gasteiger partial charge in [-0.05, 0) is 36.1 Å². The number of sulfone groups is 1. The Kier molecular flexibility index (Phi) is 5.61. The number of thiophene rings is 1. The van der Waals surface area contributed by atoms with Crippen LogP contribution in [0.4, 0.5) is 11.4 Å². The number of carbonyl (C=O) groups excluding carboxylic acids is 3. The lowest BCUT2D eigenvalue weighted by molar-refractivity contribution is -0.129. The SMILES string of the molecule is O=C(Nc1cccc(NC(=O)C2CC(=O)N(C3CCS(=O)(=O)C3)C2)c1)c1cccs1. The molecule has 10 heteroatoms. The van der Waals surface area contributed by atoms with Crippen LogP contribution >= 0.6 is 11.3 Å². The van der Waals surface area contributed by atoms with Crippen LogP contribution < -0.4 is 10.6 Å². The number of hydrogen-bond donors (Lipinski definition) is 2. The molecule has 0 bridgehead atoms. The van der Waals surface area contributed by atoms with Crippen molar-refractivity contribution in [3.05, 3.63) is 46.7 Å². The maximum Gasteiger partial charge on any atom is 0.265 e. The molecule has 2 fully saturated rings. The molecule has 3 heterocycles. The van der Waals surface area contributed by atoms with Crippen molar-refractivity contribution in [1.29, 1.82) is 0 Å². The Bertz CT molecular complexity index is 1080.